The molecule has 2 aromatic carbocycles. The van der Waals surface area contributed by atoms with Crippen LogP contribution in [0.15, 0.2) is 60.9 Å². The Morgan fingerprint density at radius 3 is 2.50 bits per heavy atom. The third-order valence-electron chi connectivity index (χ3n) is 6.29. The van der Waals surface area contributed by atoms with Gasteiger partial charge in [-0.2, -0.15) is 0 Å². The van der Waals surface area contributed by atoms with Crippen molar-refractivity contribution in [1.82, 2.24) is 19.5 Å². The van der Waals surface area contributed by atoms with Gasteiger partial charge >= 0.3 is 0 Å². The molecule has 0 amide bonds. The van der Waals surface area contributed by atoms with Crippen molar-refractivity contribution in [2.75, 3.05) is 19.0 Å². The third kappa shape index (κ3) is 4.31. The topological polar surface area (TPSA) is 64.9 Å². The molecule has 1 aliphatic carbocycles. The zero-order chi connectivity index (χ0) is 21.8. The van der Waals surface area contributed by atoms with Crippen molar-refractivity contribution in [3.63, 3.8) is 0 Å². The Morgan fingerprint density at radius 2 is 1.75 bits per heavy atom. The Bertz CT molecular complexity index is 1160. The van der Waals surface area contributed by atoms with Crippen LogP contribution >= 0.6 is 0 Å². The van der Waals surface area contributed by atoms with E-state index in [1.54, 1.807) is 7.11 Å². The van der Waals surface area contributed by atoms with E-state index in [1.807, 2.05) is 36.7 Å². The van der Waals surface area contributed by atoms with Gasteiger partial charge in [-0.15, -0.1) is 0 Å². The summed E-state index contributed by atoms with van der Waals surface area (Å²) in [5, 5.41) is 3.53. The number of nitrogens with one attached hydrogen (secondary N) is 1. The van der Waals surface area contributed by atoms with E-state index in [1.165, 1.54) is 37.7 Å². The van der Waals surface area contributed by atoms with Gasteiger partial charge in [0.05, 0.1) is 13.4 Å². The van der Waals surface area contributed by atoms with Crippen LogP contribution in [0, 0.1) is 0 Å². The van der Waals surface area contributed by atoms with Gasteiger partial charge in [-0.1, -0.05) is 61.7 Å². The molecule has 0 bridgehead atoms. The highest BCUT2D eigenvalue weighted by molar-refractivity contribution is 5.85. The van der Waals surface area contributed by atoms with Crippen molar-refractivity contribution >= 4 is 17.0 Å². The van der Waals surface area contributed by atoms with Gasteiger partial charge in [0.15, 0.2) is 17.3 Å². The second kappa shape index (κ2) is 9.39. The second-order valence-electron chi connectivity index (χ2n) is 8.40. The van der Waals surface area contributed by atoms with Gasteiger partial charge in [0, 0.05) is 18.2 Å². The first-order chi connectivity index (χ1) is 15.8. The summed E-state index contributed by atoms with van der Waals surface area (Å²) < 4.78 is 7.53. The van der Waals surface area contributed by atoms with E-state index < -0.39 is 0 Å². The van der Waals surface area contributed by atoms with Crippen LogP contribution < -0.4 is 10.1 Å². The summed E-state index contributed by atoms with van der Waals surface area (Å²) >= 11 is 0. The first-order valence-electron chi connectivity index (χ1n) is 11.5. The lowest BCUT2D eigenvalue weighted by Gasteiger charge is -2.23. The van der Waals surface area contributed by atoms with E-state index in [0.717, 1.165) is 47.1 Å². The van der Waals surface area contributed by atoms with Crippen molar-refractivity contribution in [3.05, 3.63) is 66.5 Å². The average molecular weight is 428 g/mol. The minimum Gasteiger partial charge on any atom is -0.497 e. The predicted molar refractivity (Wildman–Crippen MR) is 128 cm³/mol. The fourth-order valence-corrected chi connectivity index (χ4v) is 4.50. The molecule has 1 saturated carbocycles. The molecule has 0 radical (unpaired) electrons. The van der Waals surface area contributed by atoms with Crippen molar-refractivity contribution in [3.8, 4) is 17.1 Å². The molecule has 0 saturated heterocycles. The normalized spacial score (nSPS) is 14.5. The molecular weight excluding hydrogens is 398 g/mol. The number of aromatic nitrogens is 4. The summed E-state index contributed by atoms with van der Waals surface area (Å²) in [6.07, 6.45) is 9.10. The molecule has 0 spiro atoms. The lowest BCUT2D eigenvalue weighted by molar-refractivity contribution is 0.358. The molecule has 4 aromatic rings. The number of hydrogen-bond acceptors (Lipinski definition) is 5. The summed E-state index contributed by atoms with van der Waals surface area (Å²) in [5.41, 5.74) is 4.05. The van der Waals surface area contributed by atoms with Crippen LogP contribution in [0.5, 0.6) is 5.75 Å². The van der Waals surface area contributed by atoms with Crippen molar-refractivity contribution in [1.29, 1.82) is 0 Å². The molecular formula is C26H29N5O. The number of fused-ring (bicyclic) bond motifs is 1. The summed E-state index contributed by atoms with van der Waals surface area (Å²) in [4.78, 5) is 14.6. The van der Waals surface area contributed by atoms with E-state index in [-0.39, 0.29) is 0 Å². The highest BCUT2D eigenvalue weighted by Crippen LogP contribution is 2.32. The second-order valence-corrected chi connectivity index (χ2v) is 8.40. The molecule has 164 valence electrons. The van der Waals surface area contributed by atoms with E-state index >= 15 is 0 Å². The smallest absolute Gasteiger partial charge is 0.166 e. The molecule has 2 heterocycles. The molecule has 0 unspecified atom stereocenters. The molecule has 0 aliphatic heterocycles. The number of anilines is 1. The monoisotopic (exact) mass is 427 g/mol. The zero-order valence-corrected chi connectivity index (χ0v) is 18.5. The SMILES string of the molecule is COc1ccc(CCNc2nc(-c3ccccc3)nc3c2ncn3C2CCCCC2)cc1. The predicted octanol–water partition coefficient (Wildman–Crippen LogP) is 5.66. The molecule has 1 aliphatic rings. The fraction of sp³-hybridized carbons (Fsp3) is 0.346. The Labute approximate surface area is 188 Å². The fourth-order valence-electron chi connectivity index (χ4n) is 4.50. The van der Waals surface area contributed by atoms with Gasteiger partial charge in [0.1, 0.15) is 11.3 Å². The Kier molecular flexibility index (Phi) is 6.01. The highest BCUT2D eigenvalue weighted by Gasteiger charge is 2.21. The quantitative estimate of drug-likeness (QED) is 0.412. The molecule has 1 fully saturated rings. The lowest BCUT2D eigenvalue weighted by Crippen LogP contribution is -2.13. The van der Waals surface area contributed by atoms with Gasteiger partial charge in [0.2, 0.25) is 0 Å². The van der Waals surface area contributed by atoms with Gasteiger partial charge in [-0.05, 0) is 37.0 Å². The largest absolute Gasteiger partial charge is 0.497 e. The molecule has 6 nitrogen and oxygen atoms in total. The van der Waals surface area contributed by atoms with Gasteiger partial charge in [0.25, 0.3) is 0 Å². The maximum atomic E-state index is 5.26. The Balaban J connectivity index is 1.45. The Hall–Kier alpha value is -3.41. The van der Waals surface area contributed by atoms with Crippen molar-refractivity contribution in [2.45, 2.75) is 44.6 Å². The maximum absolute atomic E-state index is 5.26. The van der Waals surface area contributed by atoms with Crippen LogP contribution in [0.1, 0.15) is 43.7 Å². The zero-order valence-electron chi connectivity index (χ0n) is 18.5. The van der Waals surface area contributed by atoms with Crippen LogP contribution in [0.4, 0.5) is 5.82 Å². The number of rotatable bonds is 7. The molecule has 32 heavy (non-hydrogen) atoms. The van der Waals surface area contributed by atoms with Gasteiger partial charge < -0.3 is 14.6 Å². The molecule has 1 N–H and O–H groups in total. The van der Waals surface area contributed by atoms with Crippen molar-refractivity contribution in [2.24, 2.45) is 0 Å². The molecule has 2 aromatic heterocycles. The number of nitrogens with zero attached hydrogens (tertiary/aromatic N) is 4. The van der Waals surface area contributed by atoms with Crippen LogP contribution in [0.25, 0.3) is 22.6 Å². The first kappa shape index (κ1) is 20.5. The van der Waals surface area contributed by atoms with Gasteiger partial charge in [-0.25, -0.2) is 15.0 Å². The summed E-state index contributed by atoms with van der Waals surface area (Å²) in [6.45, 7) is 0.767. The first-order valence-corrected chi connectivity index (χ1v) is 11.5. The van der Waals surface area contributed by atoms with Crippen LogP contribution in [0.3, 0.4) is 0 Å². The number of ether oxygens (including phenoxy) is 1. The minimum atomic E-state index is 0.472. The van der Waals surface area contributed by atoms with Crippen molar-refractivity contribution < 1.29 is 4.74 Å². The Morgan fingerprint density at radius 1 is 0.969 bits per heavy atom. The molecule has 5 rings (SSSR count). The van der Waals surface area contributed by atoms with Crippen LogP contribution in [-0.4, -0.2) is 33.2 Å². The minimum absolute atomic E-state index is 0.472. The number of benzene rings is 2. The maximum Gasteiger partial charge on any atom is 0.166 e. The van der Waals surface area contributed by atoms with E-state index in [9.17, 15) is 0 Å². The van der Waals surface area contributed by atoms with Gasteiger partial charge in [-0.3, -0.25) is 0 Å². The summed E-state index contributed by atoms with van der Waals surface area (Å²) in [7, 11) is 1.69. The molecule has 0 atom stereocenters. The van der Waals surface area contributed by atoms with E-state index in [0.29, 0.717) is 6.04 Å². The number of imidazole rings is 1. The average Bonchev–Trinajstić information content (AvgIpc) is 3.30. The van der Waals surface area contributed by atoms with Crippen LogP contribution in [0.2, 0.25) is 0 Å². The summed E-state index contributed by atoms with van der Waals surface area (Å²) in [6, 6.07) is 18.9. The van der Waals surface area contributed by atoms with E-state index in [4.69, 9.17) is 19.7 Å². The molecule has 6 heteroatoms. The number of methoxy groups -OCH3 is 1. The van der Waals surface area contributed by atoms with E-state index in [2.05, 4.69) is 34.1 Å². The number of hydrogen-bond donors (Lipinski definition) is 1. The summed E-state index contributed by atoms with van der Waals surface area (Å²) in [5.74, 6) is 2.42. The lowest BCUT2D eigenvalue weighted by atomic mass is 9.95. The standard InChI is InChI=1S/C26H29N5O/c1-32-22-14-12-19(13-15-22)16-17-27-25-23-26(30-24(29-25)20-8-4-2-5-9-20)31(18-28-23)21-10-6-3-7-11-21/h2,4-5,8-9,12-15,18,21H,3,6-7,10-11,16-17H2,1H3,(H,27,29,30). The van der Waals surface area contributed by atoms with Crippen LogP contribution in [-0.2, 0) is 6.42 Å². The third-order valence-corrected chi connectivity index (χ3v) is 6.29. The highest BCUT2D eigenvalue weighted by atomic mass is 16.5.